The Hall–Kier alpha value is -0.910. The van der Waals surface area contributed by atoms with Crippen LogP contribution in [0.25, 0.3) is 0 Å². The maximum Gasteiger partial charge on any atom is 0.327 e. The number of amides is 2. The van der Waals surface area contributed by atoms with Gasteiger partial charge in [0.25, 0.3) is 0 Å². The highest BCUT2D eigenvalue weighted by atomic mass is 32.2. The Kier molecular flexibility index (Phi) is 3.84. The van der Waals surface area contributed by atoms with Crippen LogP contribution in [0.4, 0.5) is 4.79 Å². The molecule has 2 saturated carbocycles. The van der Waals surface area contributed by atoms with Gasteiger partial charge in [-0.3, -0.25) is 4.90 Å². The van der Waals surface area contributed by atoms with Gasteiger partial charge in [-0.25, -0.2) is 9.59 Å². The molecular formula is C14H22N2O3S. The second kappa shape index (κ2) is 5.47. The van der Waals surface area contributed by atoms with Gasteiger partial charge in [-0.15, -0.1) is 11.8 Å². The second-order valence-electron chi connectivity index (χ2n) is 6.32. The number of nitrogens with zero attached hydrogens (tertiary/aromatic N) is 1. The Labute approximate surface area is 123 Å². The SMILES string of the molecule is CC(CNC(=O)N1C(C(=O)O)CSC1C1CC1)C1CC1. The van der Waals surface area contributed by atoms with Gasteiger partial charge in [-0.2, -0.15) is 0 Å². The summed E-state index contributed by atoms with van der Waals surface area (Å²) in [6, 6.07) is -0.853. The lowest BCUT2D eigenvalue weighted by Crippen LogP contribution is -2.51. The van der Waals surface area contributed by atoms with E-state index in [1.807, 2.05) is 0 Å². The minimum Gasteiger partial charge on any atom is -0.480 e. The van der Waals surface area contributed by atoms with Crippen molar-refractivity contribution < 1.29 is 14.7 Å². The Bertz CT molecular complexity index is 409. The lowest BCUT2D eigenvalue weighted by Gasteiger charge is -2.28. The average molecular weight is 298 g/mol. The van der Waals surface area contributed by atoms with Crippen LogP contribution in [0.15, 0.2) is 0 Å². The quantitative estimate of drug-likeness (QED) is 0.814. The summed E-state index contributed by atoms with van der Waals surface area (Å²) in [4.78, 5) is 25.3. The smallest absolute Gasteiger partial charge is 0.327 e. The Morgan fingerprint density at radius 1 is 1.35 bits per heavy atom. The molecule has 5 nitrogen and oxygen atoms in total. The minimum absolute atomic E-state index is 0.0623. The van der Waals surface area contributed by atoms with E-state index in [0.717, 1.165) is 18.8 Å². The van der Waals surface area contributed by atoms with Crippen LogP contribution < -0.4 is 5.32 Å². The number of carboxylic acids is 1. The monoisotopic (exact) mass is 298 g/mol. The van der Waals surface area contributed by atoms with E-state index in [1.165, 1.54) is 12.8 Å². The van der Waals surface area contributed by atoms with Gasteiger partial charge in [0.2, 0.25) is 0 Å². The van der Waals surface area contributed by atoms with Gasteiger partial charge in [-0.1, -0.05) is 6.92 Å². The Balaban J connectivity index is 1.60. The molecule has 0 radical (unpaired) electrons. The molecule has 1 saturated heterocycles. The highest BCUT2D eigenvalue weighted by molar-refractivity contribution is 8.00. The molecule has 2 N–H and O–H groups in total. The van der Waals surface area contributed by atoms with Crippen molar-refractivity contribution >= 4 is 23.8 Å². The summed E-state index contributed by atoms with van der Waals surface area (Å²) in [7, 11) is 0. The molecule has 0 spiro atoms. The third kappa shape index (κ3) is 2.90. The fourth-order valence-corrected chi connectivity index (χ4v) is 4.52. The van der Waals surface area contributed by atoms with Gasteiger partial charge in [0.05, 0.1) is 5.37 Å². The van der Waals surface area contributed by atoms with Gasteiger partial charge in [-0.05, 0) is 43.4 Å². The average Bonchev–Trinajstić information content (AvgIpc) is 3.31. The number of thioether (sulfide) groups is 1. The molecule has 3 atom stereocenters. The molecule has 2 aliphatic carbocycles. The molecule has 0 aromatic heterocycles. The number of nitrogens with one attached hydrogen (secondary N) is 1. The van der Waals surface area contributed by atoms with Crippen molar-refractivity contribution in [2.24, 2.45) is 17.8 Å². The summed E-state index contributed by atoms with van der Waals surface area (Å²) in [6.07, 6.45) is 4.76. The molecular weight excluding hydrogens is 276 g/mol. The number of hydrogen-bond acceptors (Lipinski definition) is 3. The summed E-state index contributed by atoms with van der Waals surface area (Å²) in [5, 5.41) is 12.3. The number of carbonyl (C=O) groups excluding carboxylic acids is 1. The van der Waals surface area contributed by atoms with Crippen LogP contribution in [-0.4, -0.2) is 45.7 Å². The van der Waals surface area contributed by atoms with E-state index >= 15 is 0 Å². The number of urea groups is 1. The zero-order valence-corrected chi connectivity index (χ0v) is 12.6. The highest BCUT2D eigenvalue weighted by Crippen LogP contribution is 2.45. The van der Waals surface area contributed by atoms with Crippen molar-refractivity contribution in [2.75, 3.05) is 12.3 Å². The Morgan fingerprint density at radius 2 is 2.05 bits per heavy atom. The maximum atomic E-state index is 12.4. The van der Waals surface area contributed by atoms with Crippen molar-refractivity contribution in [3.8, 4) is 0 Å². The summed E-state index contributed by atoms with van der Waals surface area (Å²) < 4.78 is 0. The van der Waals surface area contributed by atoms with E-state index in [2.05, 4.69) is 12.2 Å². The van der Waals surface area contributed by atoms with Gasteiger partial charge in [0.1, 0.15) is 6.04 Å². The first kappa shape index (κ1) is 14.0. The van der Waals surface area contributed by atoms with Gasteiger partial charge < -0.3 is 10.4 Å². The molecule has 1 heterocycles. The molecule has 20 heavy (non-hydrogen) atoms. The van der Waals surface area contributed by atoms with Crippen molar-refractivity contribution in [3.05, 3.63) is 0 Å². The molecule has 0 aromatic carbocycles. The fraction of sp³-hybridized carbons (Fsp3) is 0.857. The van der Waals surface area contributed by atoms with Crippen molar-refractivity contribution in [1.82, 2.24) is 10.2 Å². The highest BCUT2D eigenvalue weighted by Gasteiger charge is 2.48. The maximum absolute atomic E-state index is 12.4. The normalized spacial score (nSPS) is 31.1. The van der Waals surface area contributed by atoms with Crippen LogP contribution in [0.1, 0.15) is 32.6 Å². The molecule has 2 amide bonds. The molecule has 3 rings (SSSR count). The number of rotatable bonds is 5. The zero-order chi connectivity index (χ0) is 14.3. The molecule has 3 aliphatic rings. The summed E-state index contributed by atoms with van der Waals surface area (Å²) in [5.74, 6) is 1.37. The summed E-state index contributed by atoms with van der Waals surface area (Å²) >= 11 is 1.62. The van der Waals surface area contributed by atoms with Crippen molar-refractivity contribution in [2.45, 2.75) is 44.0 Å². The predicted octanol–water partition coefficient (Wildman–Crippen LogP) is 1.98. The zero-order valence-electron chi connectivity index (χ0n) is 11.7. The first-order valence-electron chi connectivity index (χ1n) is 7.48. The minimum atomic E-state index is -0.883. The standard InChI is InChI=1S/C14H22N2O3S/c1-8(9-2-3-9)6-15-14(19)16-11(13(17)18)7-20-12(16)10-4-5-10/h8-12H,2-7H2,1H3,(H,15,19)(H,17,18). The molecule has 1 aliphatic heterocycles. The van der Waals surface area contributed by atoms with Gasteiger partial charge in [0, 0.05) is 12.3 Å². The van der Waals surface area contributed by atoms with Gasteiger partial charge in [0.15, 0.2) is 0 Å². The molecule has 3 fully saturated rings. The van der Waals surface area contributed by atoms with E-state index in [0.29, 0.717) is 24.1 Å². The third-order valence-electron chi connectivity index (χ3n) is 4.58. The first-order chi connectivity index (χ1) is 9.58. The summed E-state index contributed by atoms with van der Waals surface area (Å²) in [6.45, 7) is 2.82. The predicted molar refractivity (Wildman–Crippen MR) is 77.5 cm³/mol. The van der Waals surface area contributed by atoms with Crippen LogP contribution in [0.2, 0.25) is 0 Å². The van der Waals surface area contributed by atoms with Crippen LogP contribution in [0.3, 0.4) is 0 Å². The molecule has 3 unspecified atom stereocenters. The lowest BCUT2D eigenvalue weighted by molar-refractivity contribution is -0.141. The van der Waals surface area contributed by atoms with E-state index < -0.39 is 12.0 Å². The van der Waals surface area contributed by atoms with Crippen molar-refractivity contribution in [1.29, 1.82) is 0 Å². The first-order valence-corrected chi connectivity index (χ1v) is 8.53. The number of carboxylic acid groups (broad SMARTS) is 1. The second-order valence-corrected chi connectivity index (χ2v) is 7.47. The Morgan fingerprint density at radius 3 is 2.60 bits per heavy atom. The van der Waals surface area contributed by atoms with Crippen LogP contribution in [0, 0.1) is 17.8 Å². The lowest BCUT2D eigenvalue weighted by atomic mass is 10.1. The molecule has 0 bridgehead atoms. The third-order valence-corrected chi connectivity index (χ3v) is 6.04. The number of aliphatic carboxylic acids is 1. The van der Waals surface area contributed by atoms with E-state index in [-0.39, 0.29) is 11.4 Å². The van der Waals surface area contributed by atoms with Crippen LogP contribution in [0.5, 0.6) is 0 Å². The molecule has 112 valence electrons. The van der Waals surface area contributed by atoms with E-state index in [1.54, 1.807) is 16.7 Å². The van der Waals surface area contributed by atoms with Crippen LogP contribution in [-0.2, 0) is 4.79 Å². The number of carbonyl (C=O) groups is 2. The van der Waals surface area contributed by atoms with E-state index in [4.69, 9.17) is 0 Å². The molecule has 0 aromatic rings. The number of hydrogen-bond donors (Lipinski definition) is 2. The summed E-state index contributed by atoms with van der Waals surface area (Å²) in [5.41, 5.74) is 0. The van der Waals surface area contributed by atoms with Gasteiger partial charge >= 0.3 is 12.0 Å². The van der Waals surface area contributed by atoms with Crippen molar-refractivity contribution in [3.63, 3.8) is 0 Å². The fourth-order valence-electron chi connectivity index (χ4n) is 2.89. The van der Waals surface area contributed by atoms with E-state index in [9.17, 15) is 14.7 Å². The molecule has 6 heteroatoms. The largest absolute Gasteiger partial charge is 0.480 e. The topological polar surface area (TPSA) is 69.6 Å². The van der Waals surface area contributed by atoms with Crippen LogP contribution >= 0.6 is 11.8 Å².